The average molecular weight is 280 g/mol. The van der Waals surface area contributed by atoms with Crippen molar-refractivity contribution in [1.29, 1.82) is 0 Å². The van der Waals surface area contributed by atoms with Gasteiger partial charge in [-0.1, -0.05) is 5.10 Å². The highest BCUT2D eigenvalue weighted by molar-refractivity contribution is 7.91. The molecule has 3 rings (SSSR count). The third-order valence-corrected chi connectivity index (χ3v) is 4.66. The number of sulfone groups is 1. The largest absolute Gasteiger partial charge is 0.403 e. The van der Waals surface area contributed by atoms with E-state index < -0.39 is 9.84 Å². The Hall–Kier alpha value is -1.96. The lowest BCUT2D eigenvalue weighted by atomic mass is 10.3. The van der Waals surface area contributed by atoms with Crippen LogP contribution in [-0.4, -0.2) is 41.1 Å². The highest BCUT2D eigenvalue weighted by Gasteiger charge is 2.28. The van der Waals surface area contributed by atoms with Crippen LogP contribution in [-0.2, 0) is 9.84 Å². The van der Waals surface area contributed by atoms with Gasteiger partial charge in [0.2, 0.25) is 0 Å². The van der Waals surface area contributed by atoms with Gasteiger partial charge in [0, 0.05) is 18.4 Å². The molecular formula is C11H12N4O3S. The Labute approximate surface area is 110 Å². The second-order valence-corrected chi connectivity index (χ2v) is 6.63. The number of pyridine rings is 1. The van der Waals surface area contributed by atoms with E-state index in [1.165, 1.54) is 0 Å². The zero-order chi connectivity index (χ0) is 13.3. The minimum absolute atomic E-state index is 0.109. The number of nitrogens with zero attached hydrogens (tertiary/aromatic N) is 3. The fourth-order valence-electron chi connectivity index (χ4n) is 1.97. The molecule has 1 atom stereocenters. The SMILES string of the molecule is O=S1(=O)CCC(Nc2nnc(-c3cccnc3)o2)C1. The second-order valence-electron chi connectivity index (χ2n) is 4.40. The molecule has 19 heavy (non-hydrogen) atoms. The zero-order valence-corrected chi connectivity index (χ0v) is 10.8. The number of hydrogen-bond acceptors (Lipinski definition) is 7. The Bertz CT molecular complexity index is 668. The van der Waals surface area contributed by atoms with Crippen LogP contribution >= 0.6 is 0 Å². The van der Waals surface area contributed by atoms with Crippen LogP contribution in [0.25, 0.3) is 11.5 Å². The minimum atomic E-state index is -2.92. The molecule has 7 nitrogen and oxygen atoms in total. The van der Waals surface area contributed by atoms with Gasteiger partial charge in [0.25, 0.3) is 5.89 Å². The molecule has 0 saturated carbocycles. The number of hydrogen-bond donors (Lipinski definition) is 1. The molecule has 1 aliphatic rings. The van der Waals surface area contributed by atoms with E-state index in [4.69, 9.17) is 4.42 Å². The number of anilines is 1. The van der Waals surface area contributed by atoms with Crippen LogP contribution in [0.4, 0.5) is 6.01 Å². The van der Waals surface area contributed by atoms with Crippen molar-refractivity contribution >= 4 is 15.9 Å². The molecule has 1 unspecified atom stereocenters. The quantitative estimate of drug-likeness (QED) is 0.884. The van der Waals surface area contributed by atoms with Crippen molar-refractivity contribution in [2.75, 3.05) is 16.8 Å². The van der Waals surface area contributed by atoms with Gasteiger partial charge in [-0.05, 0) is 18.6 Å². The van der Waals surface area contributed by atoms with Crippen molar-refractivity contribution in [2.24, 2.45) is 0 Å². The van der Waals surface area contributed by atoms with E-state index in [0.717, 1.165) is 5.56 Å². The molecule has 0 aliphatic carbocycles. The van der Waals surface area contributed by atoms with Crippen LogP contribution in [0.1, 0.15) is 6.42 Å². The first-order valence-corrected chi connectivity index (χ1v) is 7.65. The van der Waals surface area contributed by atoms with Crippen LogP contribution in [0.3, 0.4) is 0 Å². The van der Waals surface area contributed by atoms with Crippen LogP contribution in [0.15, 0.2) is 28.9 Å². The van der Waals surface area contributed by atoms with Gasteiger partial charge >= 0.3 is 6.01 Å². The fourth-order valence-corrected chi connectivity index (χ4v) is 3.64. The summed E-state index contributed by atoms with van der Waals surface area (Å²) in [6.45, 7) is 0. The van der Waals surface area contributed by atoms with Crippen molar-refractivity contribution in [3.05, 3.63) is 24.5 Å². The second kappa shape index (κ2) is 4.61. The van der Waals surface area contributed by atoms with Gasteiger partial charge in [0.05, 0.1) is 17.1 Å². The first-order chi connectivity index (χ1) is 9.12. The van der Waals surface area contributed by atoms with E-state index in [-0.39, 0.29) is 23.6 Å². The summed E-state index contributed by atoms with van der Waals surface area (Å²) >= 11 is 0. The molecule has 0 radical (unpaired) electrons. The summed E-state index contributed by atoms with van der Waals surface area (Å²) in [5.41, 5.74) is 0.724. The zero-order valence-electron chi connectivity index (χ0n) is 9.98. The topological polar surface area (TPSA) is 98.0 Å². The van der Waals surface area contributed by atoms with Crippen LogP contribution in [0.5, 0.6) is 0 Å². The first-order valence-electron chi connectivity index (χ1n) is 5.83. The Morgan fingerprint density at radius 2 is 2.26 bits per heavy atom. The van der Waals surface area contributed by atoms with E-state index in [1.807, 2.05) is 6.07 Å². The summed E-state index contributed by atoms with van der Waals surface area (Å²) < 4.78 is 28.1. The molecule has 0 bridgehead atoms. The van der Waals surface area contributed by atoms with E-state index in [2.05, 4.69) is 20.5 Å². The van der Waals surface area contributed by atoms with Gasteiger partial charge in [-0.15, -0.1) is 5.10 Å². The molecule has 2 aromatic rings. The summed E-state index contributed by atoms with van der Waals surface area (Å²) in [7, 11) is -2.92. The van der Waals surface area contributed by atoms with Crippen molar-refractivity contribution in [1.82, 2.24) is 15.2 Å². The summed E-state index contributed by atoms with van der Waals surface area (Å²) in [5.74, 6) is 0.669. The van der Waals surface area contributed by atoms with Gasteiger partial charge < -0.3 is 9.73 Å². The Balaban J connectivity index is 1.73. The first kappa shape index (κ1) is 12.1. The Morgan fingerprint density at radius 3 is 2.95 bits per heavy atom. The summed E-state index contributed by atoms with van der Waals surface area (Å²) in [6, 6.07) is 3.66. The van der Waals surface area contributed by atoms with Crippen molar-refractivity contribution < 1.29 is 12.8 Å². The van der Waals surface area contributed by atoms with Crippen molar-refractivity contribution in [3.8, 4) is 11.5 Å². The summed E-state index contributed by atoms with van der Waals surface area (Å²) in [4.78, 5) is 3.97. The Kier molecular flexibility index (Phi) is 2.94. The summed E-state index contributed by atoms with van der Waals surface area (Å²) in [5, 5.41) is 10.7. The predicted octanol–water partition coefficient (Wildman–Crippen LogP) is 0.731. The van der Waals surface area contributed by atoms with E-state index in [0.29, 0.717) is 12.3 Å². The molecule has 1 N–H and O–H groups in total. The van der Waals surface area contributed by atoms with Gasteiger partial charge in [-0.2, -0.15) is 0 Å². The molecule has 8 heteroatoms. The van der Waals surface area contributed by atoms with Crippen LogP contribution < -0.4 is 5.32 Å². The molecule has 0 amide bonds. The van der Waals surface area contributed by atoms with Gasteiger partial charge in [-0.3, -0.25) is 4.98 Å². The molecule has 0 aromatic carbocycles. The molecule has 0 spiro atoms. The standard InChI is InChI=1S/C11H12N4O3S/c16-19(17)5-3-9(7-19)13-11-15-14-10(18-11)8-2-1-4-12-6-8/h1-2,4,6,9H,3,5,7H2,(H,13,15). The van der Waals surface area contributed by atoms with Gasteiger partial charge in [0.15, 0.2) is 9.84 Å². The molecule has 1 saturated heterocycles. The van der Waals surface area contributed by atoms with Crippen molar-refractivity contribution in [2.45, 2.75) is 12.5 Å². The number of rotatable bonds is 3. The molecule has 2 aromatic heterocycles. The maximum atomic E-state index is 11.3. The van der Waals surface area contributed by atoms with Crippen molar-refractivity contribution in [3.63, 3.8) is 0 Å². The number of aromatic nitrogens is 3. The predicted molar refractivity (Wildman–Crippen MR) is 68.2 cm³/mol. The van der Waals surface area contributed by atoms with E-state index in [1.54, 1.807) is 18.5 Å². The average Bonchev–Trinajstić information content (AvgIpc) is 2.98. The lowest BCUT2D eigenvalue weighted by molar-refractivity contribution is 0.570. The minimum Gasteiger partial charge on any atom is -0.403 e. The maximum Gasteiger partial charge on any atom is 0.315 e. The highest BCUT2D eigenvalue weighted by atomic mass is 32.2. The lowest BCUT2D eigenvalue weighted by Crippen LogP contribution is -2.20. The van der Waals surface area contributed by atoms with E-state index in [9.17, 15) is 8.42 Å². The normalized spacial score (nSPS) is 21.4. The third-order valence-electron chi connectivity index (χ3n) is 2.89. The monoisotopic (exact) mass is 280 g/mol. The lowest BCUT2D eigenvalue weighted by Gasteiger charge is -2.06. The van der Waals surface area contributed by atoms with E-state index >= 15 is 0 Å². The Morgan fingerprint density at radius 1 is 1.37 bits per heavy atom. The summed E-state index contributed by atoms with van der Waals surface area (Å²) in [6.07, 6.45) is 3.84. The van der Waals surface area contributed by atoms with Gasteiger partial charge in [-0.25, -0.2) is 8.42 Å². The smallest absolute Gasteiger partial charge is 0.315 e. The van der Waals surface area contributed by atoms with Crippen LogP contribution in [0, 0.1) is 0 Å². The van der Waals surface area contributed by atoms with Crippen LogP contribution in [0.2, 0.25) is 0 Å². The number of nitrogens with one attached hydrogen (secondary N) is 1. The highest BCUT2D eigenvalue weighted by Crippen LogP contribution is 2.21. The molecule has 3 heterocycles. The third kappa shape index (κ3) is 2.73. The molecule has 100 valence electrons. The fraction of sp³-hybridized carbons (Fsp3) is 0.364. The van der Waals surface area contributed by atoms with Gasteiger partial charge in [0.1, 0.15) is 0 Å². The molecular weight excluding hydrogens is 268 g/mol. The maximum absolute atomic E-state index is 11.3. The molecule has 1 fully saturated rings. The molecule has 1 aliphatic heterocycles.